The summed E-state index contributed by atoms with van der Waals surface area (Å²) in [4.78, 5) is 75.2. The largest absolute Gasteiger partial charge is 0.480 e. The molecule has 0 bridgehead atoms. The second-order valence-electron chi connectivity index (χ2n) is 23.6. The van der Waals surface area contributed by atoms with Crippen LogP contribution in [0.25, 0.3) is 49.5 Å². The van der Waals surface area contributed by atoms with Crippen LogP contribution in [0.5, 0.6) is 0 Å². The summed E-state index contributed by atoms with van der Waals surface area (Å²) in [5.41, 5.74) is 33.3. The summed E-state index contributed by atoms with van der Waals surface area (Å²) in [5.74, 6) is -3.70. The van der Waals surface area contributed by atoms with Gasteiger partial charge in [-0.3, -0.25) is 0 Å². The molecule has 3 atom stereocenters. The van der Waals surface area contributed by atoms with Crippen molar-refractivity contribution in [2.75, 3.05) is 25.6 Å². The van der Waals surface area contributed by atoms with Gasteiger partial charge in [-0.1, -0.05) is 204 Å². The number of carboxylic acid groups (broad SMARTS) is 3. The lowest BCUT2D eigenvalue weighted by Gasteiger charge is -2.17. The lowest BCUT2D eigenvalue weighted by molar-refractivity contribution is -0.140. The highest BCUT2D eigenvalue weighted by molar-refractivity contribution is 5.84. The van der Waals surface area contributed by atoms with Gasteiger partial charge in [-0.05, 0) is 127 Å². The number of nitrogens with zero attached hydrogens (tertiary/aromatic N) is 6. The molecule has 13 rings (SSSR count). The monoisotopic (exact) mass is 1310 g/mol. The van der Waals surface area contributed by atoms with Crippen LogP contribution in [0, 0.1) is 13.8 Å². The zero-order valence-electron chi connectivity index (χ0n) is 53.3. The molecular weight excluding hydrogens is 1240 g/mol. The van der Waals surface area contributed by atoms with E-state index in [1.54, 1.807) is 53.2 Å². The smallest absolute Gasteiger partial charge is 0.407 e. The van der Waals surface area contributed by atoms with Crippen molar-refractivity contribution in [1.29, 1.82) is 0 Å². The first-order valence-electron chi connectivity index (χ1n) is 31.5. The quantitative estimate of drug-likeness (QED) is 0.0123. The summed E-state index contributed by atoms with van der Waals surface area (Å²) in [6.07, 6.45) is -1.97. The number of hydrogen-bond acceptors (Lipinski definition) is 13. The minimum absolute atomic E-state index is 0.0656. The molecule has 0 unspecified atom stereocenters. The number of rotatable bonds is 20. The lowest BCUT2D eigenvalue weighted by Crippen LogP contribution is -2.42. The SMILES string of the molecule is Cc1nnn(-c2ccc(C[C@H](NC(=O)OCC3c4ccccc4-c4ccccc43)C(=O)O)cc2)c1C.Nc1ccc(C[C@H](NC(=O)OCC2c3ccccc3-c3ccccc32)C(=O)O)cc1.[N-]=[N+]=Nc1ccc(C[C@H](NC(=O)OCC2c3ccccc3-c3ccccc32)C(=O)O)cc1. The van der Waals surface area contributed by atoms with Gasteiger partial charge in [0.05, 0.1) is 17.1 Å². The number of fused-ring (bicyclic) bond motifs is 9. The van der Waals surface area contributed by atoms with Gasteiger partial charge < -0.3 is 51.2 Å². The van der Waals surface area contributed by atoms with E-state index in [1.807, 2.05) is 159 Å². The highest BCUT2D eigenvalue weighted by Gasteiger charge is 2.33. The molecule has 98 heavy (non-hydrogen) atoms. The van der Waals surface area contributed by atoms with Crippen LogP contribution in [0.3, 0.4) is 0 Å². The van der Waals surface area contributed by atoms with E-state index in [-0.39, 0.29) is 56.8 Å². The summed E-state index contributed by atoms with van der Waals surface area (Å²) in [6, 6.07) is 65.5. The minimum Gasteiger partial charge on any atom is -0.480 e. The number of hydrogen-bond donors (Lipinski definition) is 7. The fourth-order valence-corrected chi connectivity index (χ4v) is 12.5. The van der Waals surface area contributed by atoms with E-state index in [2.05, 4.69) is 60.6 Å². The zero-order chi connectivity index (χ0) is 68.8. The van der Waals surface area contributed by atoms with Gasteiger partial charge in [0.2, 0.25) is 0 Å². The molecule has 22 nitrogen and oxygen atoms in total. The number of aliphatic carboxylic acids is 3. The molecule has 10 aromatic rings. The fraction of sp³-hybridized carbons (Fsp3) is 0.184. The molecule has 0 spiro atoms. The number of anilines is 1. The van der Waals surface area contributed by atoms with E-state index in [1.165, 1.54) is 0 Å². The van der Waals surface area contributed by atoms with Crippen molar-refractivity contribution in [3.8, 4) is 39.1 Å². The van der Waals surface area contributed by atoms with Crippen LogP contribution >= 0.6 is 0 Å². The van der Waals surface area contributed by atoms with Gasteiger partial charge in [-0.15, -0.1) is 5.10 Å². The Morgan fingerprint density at radius 3 is 1.02 bits per heavy atom. The van der Waals surface area contributed by atoms with Crippen molar-refractivity contribution >= 4 is 47.6 Å². The van der Waals surface area contributed by atoms with Crippen molar-refractivity contribution in [3.05, 3.63) is 290 Å². The van der Waals surface area contributed by atoms with E-state index in [0.29, 0.717) is 16.9 Å². The fourth-order valence-electron chi connectivity index (χ4n) is 12.5. The molecule has 1 aromatic heterocycles. The maximum atomic E-state index is 12.6. The number of nitrogen functional groups attached to an aromatic ring is 1. The molecule has 0 aliphatic heterocycles. The number of benzene rings is 9. The van der Waals surface area contributed by atoms with Crippen molar-refractivity contribution in [3.63, 3.8) is 0 Å². The zero-order valence-corrected chi connectivity index (χ0v) is 53.3. The summed E-state index contributed by atoms with van der Waals surface area (Å²) in [6.45, 7) is 4.18. The van der Waals surface area contributed by atoms with Crippen molar-refractivity contribution in [1.82, 2.24) is 30.9 Å². The topological polar surface area (TPSA) is 332 Å². The molecular formula is C76H68N10O12. The predicted molar refractivity (Wildman–Crippen MR) is 367 cm³/mol. The minimum atomic E-state index is -1.17. The molecule has 3 amide bonds. The van der Waals surface area contributed by atoms with Crippen LogP contribution in [0.1, 0.15) is 79.2 Å². The Kier molecular flexibility index (Phi) is 20.9. The van der Waals surface area contributed by atoms with Gasteiger partial charge in [0.25, 0.3) is 0 Å². The van der Waals surface area contributed by atoms with Crippen molar-refractivity contribution in [2.45, 2.75) is 69.0 Å². The summed E-state index contributed by atoms with van der Waals surface area (Å²) in [5, 5.41) is 47.8. The van der Waals surface area contributed by atoms with E-state index in [9.17, 15) is 44.1 Å². The van der Waals surface area contributed by atoms with E-state index in [0.717, 1.165) is 95.0 Å². The molecule has 3 aliphatic rings. The first-order chi connectivity index (χ1) is 47.5. The second-order valence-corrected chi connectivity index (χ2v) is 23.6. The first kappa shape index (κ1) is 66.9. The van der Waals surface area contributed by atoms with Crippen LogP contribution in [0.15, 0.2) is 224 Å². The Hall–Kier alpha value is -12.6. The number of azide groups is 1. The third kappa shape index (κ3) is 15.6. The van der Waals surface area contributed by atoms with E-state index < -0.39 is 54.3 Å². The Bertz CT molecular complexity index is 4490. The Morgan fingerprint density at radius 1 is 0.459 bits per heavy atom. The number of carbonyl (C=O) groups excluding carboxylic acids is 3. The molecule has 22 heteroatoms. The number of nitrogens with one attached hydrogen (secondary N) is 3. The molecule has 494 valence electrons. The summed E-state index contributed by atoms with van der Waals surface area (Å²) in [7, 11) is 0. The average molecular weight is 1310 g/mol. The Balaban J connectivity index is 0.000000149. The van der Waals surface area contributed by atoms with Crippen LogP contribution < -0.4 is 21.7 Å². The number of amides is 3. The van der Waals surface area contributed by atoms with Crippen LogP contribution in [-0.2, 0) is 47.9 Å². The third-order valence-corrected chi connectivity index (χ3v) is 17.5. The number of nitrogens with two attached hydrogens (primary N) is 1. The highest BCUT2D eigenvalue weighted by atomic mass is 16.6. The number of aromatic nitrogens is 3. The molecule has 0 saturated carbocycles. The van der Waals surface area contributed by atoms with Gasteiger partial charge in [-0.2, -0.15) is 0 Å². The van der Waals surface area contributed by atoms with Crippen LogP contribution in [0.4, 0.5) is 25.8 Å². The molecule has 1 heterocycles. The predicted octanol–water partition coefficient (Wildman–Crippen LogP) is 13.4. The van der Waals surface area contributed by atoms with Crippen molar-refractivity contribution in [2.24, 2.45) is 5.11 Å². The number of aryl methyl sites for hydroxylation is 1. The lowest BCUT2D eigenvalue weighted by atomic mass is 9.98. The maximum absolute atomic E-state index is 12.6. The van der Waals surface area contributed by atoms with Gasteiger partial charge in [-0.25, -0.2) is 33.4 Å². The molecule has 9 aromatic carbocycles. The molecule has 0 radical (unpaired) electrons. The highest BCUT2D eigenvalue weighted by Crippen LogP contribution is 2.47. The number of ether oxygens (including phenoxy) is 3. The van der Waals surface area contributed by atoms with Gasteiger partial charge >= 0.3 is 36.2 Å². The number of carboxylic acids is 3. The summed E-state index contributed by atoms with van der Waals surface area (Å²) >= 11 is 0. The molecule has 0 saturated heterocycles. The molecule has 3 aliphatic carbocycles. The normalized spacial score (nSPS) is 13.0. The number of alkyl carbamates (subject to hydrolysis) is 3. The number of carbonyl (C=O) groups is 6. The van der Waals surface area contributed by atoms with Gasteiger partial charge in [0, 0.05) is 53.3 Å². The van der Waals surface area contributed by atoms with E-state index >= 15 is 0 Å². The molecule has 0 fully saturated rings. The average Bonchev–Trinajstić information content (AvgIpc) is 1.64. The van der Waals surface area contributed by atoms with Crippen LogP contribution in [-0.4, -0.2) is 104 Å². The Labute approximate surface area is 563 Å². The third-order valence-electron chi connectivity index (χ3n) is 17.5. The van der Waals surface area contributed by atoms with Gasteiger partial charge in [0.15, 0.2) is 0 Å². The van der Waals surface area contributed by atoms with Crippen LogP contribution in [0.2, 0.25) is 0 Å². The van der Waals surface area contributed by atoms with Crippen molar-refractivity contribution < 1.29 is 58.3 Å². The van der Waals surface area contributed by atoms with E-state index in [4.69, 9.17) is 25.5 Å². The standard InChI is InChI=1S/C28H26N4O4.C24H20N4O4.C24H22N2O4/c1-17-18(2)32(31-30-17)20-13-11-19(12-14-20)15-26(27(33)34)29-28(35)36-16-25-23-9-5-3-7-21(23)22-8-4-6-10-24(22)25;25-28-27-16-11-9-15(10-12-16)13-22(23(29)30)26-24(31)32-14-21-19-7-3-1-5-17(19)18-6-2-4-8-20(18)21;25-16-11-9-15(10-12-16)13-22(23(27)28)26-24(29)30-14-21-19-7-3-1-5-17(19)18-6-2-4-8-20(18)21/h3-14,25-26H,15-16H2,1-2H3,(H,29,35)(H,33,34);1-12,21-22H,13-14H2,(H,26,31)(H,29,30);1-12,21-22H,13-14,25H2,(H,26,29)(H,27,28)/t26-;2*22-/m000/s1. The van der Waals surface area contributed by atoms with Gasteiger partial charge in [0.1, 0.15) is 37.9 Å². The molecule has 8 N–H and O–H groups in total. The summed E-state index contributed by atoms with van der Waals surface area (Å²) < 4.78 is 18.1. The first-order valence-corrected chi connectivity index (χ1v) is 31.5. The Morgan fingerprint density at radius 2 is 0.745 bits per heavy atom. The maximum Gasteiger partial charge on any atom is 0.407 e. The second kappa shape index (κ2) is 30.7.